The van der Waals surface area contributed by atoms with Crippen molar-refractivity contribution in [2.24, 2.45) is 0 Å². The number of hydrogen-bond donors (Lipinski definition) is 4. The fraction of sp³-hybridized carbons (Fsp3) is 0.366. The third kappa shape index (κ3) is 9.07. The Balaban J connectivity index is 1.000. The zero-order valence-corrected chi connectivity index (χ0v) is 36.9. The van der Waals surface area contributed by atoms with Gasteiger partial charge in [0.25, 0.3) is 11.8 Å². The van der Waals surface area contributed by atoms with Gasteiger partial charge in [-0.3, -0.25) is 14.5 Å². The van der Waals surface area contributed by atoms with Gasteiger partial charge in [-0.1, -0.05) is 31.9 Å². The normalized spacial score (nSPS) is 18.5. The Bertz CT molecular complexity index is 2620. The lowest BCUT2D eigenvalue weighted by Crippen LogP contribution is -2.51. The first kappa shape index (κ1) is 41.6. The number of β-amino-alcohol motifs (C(OH)–C–C–N with tert-alkyl or cyclic N) is 1. The Morgan fingerprint density at radius 2 is 1.27 bits per heavy atom. The van der Waals surface area contributed by atoms with Crippen molar-refractivity contribution in [1.29, 1.82) is 0 Å². The molecule has 19 nitrogen and oxygen atoms in total. The number of ether oxygens (including phenoxy) is 2. The van der Waals surface area contributed by atoms with Crippen molar-refractivity contribution >= 4 is 89.5 Å². The van der Waals surface area contributed by atoms with E-state index < -0.39 is 24.0 Å². The predicted molar refractivity (Wildman–Crippen MR) is 237 cm³/mol. The molecule has 4 unspecified atom stereocenters. The molecule has 9 rings (SSSR count). The maximum absolute atomic E-state index is 14.5. The first-order valence-corrected chi connectivity index (χ1v) is 21.7. The Kier molecular flexibility index (Phi) is 12.0. The van der Waals surface area contributed by atoms with Gasteiger partial charge >= 0.3 is 0 Å². The van der Waals surface area contributed by atoms with E-state index in [2.05, 4.69) is 87.4 Å². The topological polar surface area (TPSA) is 222 Å². The van der Waals surface area contributed by atoms with Crippen LogP contribution >= 0.6 is 31.9 Å². The summed E-state index contributed by atoms with van der Waals surface area (Å²) in [6.07, 6.45) is 0.668. The Labute approximate surface area is 372 Å². The average Bonchev–Trinajstić information content (AvgIpc) is 3.92. The van der Waals surface area contributed by atoms with E-state index >= 15 is 0 Å². The van der Waals surface area contributed by atoms with Crippen LogP contribution in [-0.4, -0.2) is 138 Å². The van der Waals surface area contributed by atoms with Crippen molar-refractivity contribution in [1.82, 2.24) is 50.1 Å². The number of anilines is 4. The quantitative estimate of drug-likeness (QED) is 0.130. The lowest BCUT2D eigenvalue weighted by molar-refractivity contribution is -0.136. The van der Waals surface area contributed by atoms with E-state index in [1.54, 1.807) is 55.5 Å². The molecule has 0 radical (unpaired) electrons. The molecule has 4 aromatic heterocycles. The highest BCUT2D eigenvalue weighted by Crippen LogP contribution is 2.29. The van der Waals surface area contributed by atoms with E-state index in [-0.39, 0.29) is 18.2 Å². The molecule has 62 heavy (non-hydrogen) atoms. The standard InChI is InChI=1S/C41H42Br2N14O5/c1-22-32-36(53-40(47-22)56-13-11-55(12-14-56)15-16-58)45-19-30(49-32)51-38(59)34(61-28-7-3-24(42)4-8-28)35(62-29-9-5-25(43)6-10-29)39(60)52-31-20-46-37-33(50-31)23(2)48-41(54-37)57-21-26-17-27(57)18-44-26/h3-10,19-20,26-27,34-35,44,58H,11-18,21H2,1-2H3,(H,49,51,59)(H,50,52,60). The summed E-state index contributed by atoms with van der Waals surface area (Å²) in [5.74, 6) is 0.407. The Morgan fingerprint density at radius 3 is 1.76 bits per heavy atom. The minimum Gasteiger partial charge on any atom is -0.476 e. The molecule has 2 amide bonds. The number of amides is 2. The molecule has 0 spiro atoms. The number of piperazine rings is 2. The summed E-state index contributed by atoms with van der Waals surface area (Å²) in [4.78, 5) is 72.8. The van der Waals surface area contributed by atoms with Crippen LogP contribution in [0.4, 0.5) is 23.5 Å². The monoisotopic (exact) mass is 968 g/mol. The van der Waals surface area contributed by atoms with Crippen LogP contribution in [0.2, 0.25) is 0 Å². The number of hydrogen-bond acceptors (Lipinski definition) is 17. The van der Waals surface area contributed by atoms with Crippen LogP contribution in [0.15, 0.2) is 69.9 Å². The fourth-order valence-corrected chi connectivity index (χ4v) is 8.32. The maximum atomic E-state index is 14.5. The highest BCUT2D eigenvalue weighted by atomic mass is 79.9. The Hall–Kier alpha value is -5.74. The van der Waals surface area contributed by atoms with Gasteiger partial charge in [-0.15, -0.1) is 0 Å². The summed E-state index contributed by atoms with van der Waals surface area (Å²) in [5, 5.41) is 18.4. The van der Waals surface area contributed by atoms with E-state index in [0.717, 1.165) is 41.5 Å². The number of halogens is 2. The van der Waals surface area contributed by atoms with Crippen molar-refractivity contribution in [3.8, 4) is 11.5 Å². The molecule has 320 valence electrons. The van der Waals surface area contributed by atoms with Crippen LogP contribution in [0.5, 0.6) is 11.5 Å². The van der Waals surface area contributed by atoms with Crippen LogP contribution in [0.1, 0.15) is 17.8 Å². The maximum Gasteiger partial charge on any atom is 0.271 e. The van der Waals surface area contributed by atoms with E-state index in [1.807, 2.05) is 6.92 Å². The van der Waals surface area contributed by atoms with Gasteiger partial charge < -0.3 is 40.3 Å². The molecule has 21 heteroatoms. The summed E-state index contributed by atoms with van der Waals surface area (Å²) in [6, 6.07) is 14.4. The van der Waals surface area contributed by atoms with Crippen LogP contribution < -0.4 is 35.2 Å². The number of aliphatic hydroxyl groups excluding tert-OH is 1. The van der Waals surface area contributed by atoms with Gasteiger partial charge in [0, 0.05) is 66.8 Å². The molecule has 3 fully saturated rings. The zero-order valence-electron chi connectivity index (χ0n) is 33.7. The highest BCUT2D eigenvalue weighted by Gasteiger charge is 2.40. The van der Waals surface area contributed by atoms with Gasteiger partial charge in [0.1, 0.15) is 22.5 Å². The molecule has 0 aliphatic carbocycles. The van der Waals surface area contributed by atoms with Crippen LogP contribution in [0, 0.1) is 13.8 Å². The van der Waals surface area contributed by atoms with Crippen LogP contribution in [-0.2, 0) is 9.59 Å². The number of rotatable bonds is 13. The van der Waals surface area contributed by atoms with Crippen molar-refractivity contribution in [2.75, 3.05) is 72.9 Å². The molecule has 7 heterocycles. The minimum atomic E-state index is -1.59. The summed E-state index contributed by atoms with van der Waals surface area (Å²) in [6.45, 7) is 9.01. The summed E-state index contributed by atoms with van der Waals surface area (Å²) in [7, 11) is 0. The first-order valence-electron chi connectivity index (χ1n) is 20.1. The molecule has 3 saturated heterocycles. The van der Waals surface area contributed by atoms with E-state index in [1.165, 1.54) is 12.4 Å². The number of aromatic nitrogens is 8. The summed E-state index contributed by atoms with van der Waals surface area (Å²) >= 11 is 6.89. The van der Waals surface area contributed by atoms with Crippen molar-refractivity contribution in [3.05, 3.63) is 81.3 Å². The average molecular weight is 971 g/mol. The third-order valence-corrected chi connectivity index (χ3v) is 12.0. The smallest absolute Gasteiger partial charge is 0.271 e. The second kappa shape index (κ2) is 17.9. The largest absolute Gasteiger partial charge is 0.476 e. The number of nitrogens with zero attached hydrogens (tertiary/aromatic N) is 11. The van der Waals surface area contributed by atoms with Crippen molar-refractivity contribution in [3.63, 3.8) is 0 Å². The first-order chi connectivity index (χ1) is 30.1. The van der Waals surface area contributed by atoms with Gasteiger partial charge in [-0.05, 0) is 68.8 Å². The number of aryl methyl sites for hydroxylation is 2. The number of carbonyl (C=O) groups excluding carboxylic acids is 2. The van der Waals surface area contributed by atoms with E-state index in [4.69, 9.17) is 24.4 Å². The molecular formula is C41H42Br2N14O5. The third-order valence-electron chi connectivity index (χ3n) is 11.0. The molecule has 3 aliphatic rings. The number of benzene rings is 2. The van der Waals surface area contributed by atoms with Gasteiger partial charge in [-0.2, -0.15) is 9.97 Å². The molecular weight excluding hydrogens is 928 g/mol. The van der Waals surface area contributed by atoms with E-state index in [9.17, 15) is 14.7 Å². The molecule has 2 bridgehead atoms. The Morgan fingerprint density at radius 1 is 0.758 bits per heavy atom. The molecule has 4 atom stereocenters. The number of aliphatic hydroxyl groups is 1. The number of nitrogens with one attached hydrogen (secondary N) is 3. The molecule has 0 saturated carbocycles. The number of carbonyl (C=O) groups is 2. The van der Waals surface area contributed by atoms with Crippen LogP contribution in [0.25, 0.3) is 22.3 Å². The number of fused-ring (bicyclic) bond motifs is 4. The van der Waals surface area contributed by atoms with Crippen LogP contribution in [0.3, 0.4) is 0 Å². The van der Waals surface area contributed by atoms with Gasteiger partial charge in [0.05, 0.1) is 30.4 Å². The van der Waals surface area contributed by atoms with Crippen molar-refractivity contribution < 1.29 is 24.2 Å². The fourth-order valence-electron chi connectivity index (χ4n) is 7.79. The second-order valence-corrected chi connectivity index (χ2v) is 17.1. The van der Waals surface area contributed by atoms with Crippen molar-refractivity contribution in [2.45, 2.75) is 44.6 Å². The molecule has 3 aliphatic heterocycles. The van der Waals surface area contributed by atoms with E-state index in [0.29, 0.717) is 88.8 Å². The highest BCUT2D eigenvalue weighted by molar-refractivity contribution is 9.10. The molecule has 4 N–H and O–H groups in total. The minimum absolute atomic E-state index is 0.0834. The summed E-state index contributed by atoms with van der Waals surface area (Å²) < 4.78 is 14.2. The zero-order chi connectivity index (χ0) is 42.9. The molecule has 6 aromatic rings. The predicted octanol–water partition coefficient (Wildman–Crippen LogP) is 3.43. The van der Waals surface area contributed by atoms with Gasteiger partial charge in [0.2, 0.25) is 24.1 Å². The lowest BCUT2D eigenvalue weighted by Gasteiger charge is -2.34. The lowest BCUT2D eigenvalue weighted by atomic mass is 10.1. The van der Waals surface area contributed by atoms with Gasteiger partial charge in [0.15, 0.2) is 22.9 Å². The summed E-state index contributed by atoms with van der Waals surface area (Å²) in [5.41, 5.74) is 2.73. The van der Waals surface area contributed by atoms with Gasteiger partial charge in [-0.25, -0.2) is 29.9 Å². The second-order valence-electron chi connectivity index (χ2n) is 15.2. The molecule has 2 aromatic carbocycles. The SMILES string of the molecule is Cc1nc(N2CCN(CCO)CC2)nc2ncc(NC(=O)C(Oc3ccc(Br)cc3)C(Oc3ccc(Br)cc3)C(=O)Nc3cnc4nc(N5CC6CC5CN6)nc(C)c4n3)nc12.